The van der Waals surface area contributed by atoms with Crippen LogP contribution in [0.1, 0.15) is 23.1 Å². The largest absolute Gasteiger partial charge is 0.496 e. The van der Waals surface area contributed by atoms with Gasteiger partial charge in [-0.15, -0.1) is 0 Å². The maximum Gasteiger partial charge on any atom is 0.266 e. The van der Waals surface area contributed by atoms with Crippen LogP contribution in [0.3, 0.4) is 0 Å². The van der Waals surface area contributed by atoms with Gasteiger partial charge in [-0.1, -0.05) is 54.3 Å². The molecule has 4 nitrogen and oxygen atoms in total. The molecule has 0 radical (unpaired) electrons. The summed E-state index contributed by atoms with van der Waals surface area (Å²) in [4.78, 5) is 15.2. The highest BCUT2D eigenvalue weighted by Gasteiger charge is 2.31. The monoisotopic (exact) mass is 413 g/mol. The number of nitrogens with zero attached hydrogens (tertiary/aromatic N) is 1. The zero-order valence-electron chi connectivity index (χ0n) is 16.2. The summed E-state index contributed by atoms with van der Waals surface area (Å²) in [7, 11) is 3.25. The predicted octanol–water partition coefficient (Wildman–Crippen LogP) is 4.85. The summed E-state index contributed by atoms with van der Waals surface area (Å²) in [5.74, 6) is 1.41. The normalized spacial score (nSPS) is 15.4. The van der Waals surface area contributed by atoms with Gasteiger partial charge in [-0.25, -0.2) is 0 Å². The Bertz CT molecular complexity index is 909. The number of rotatable bonds is 7. The Morgan fingerprint density at radius 1 is 1.11 bits per heavy atom. The van der Waals surface area contributed by atoms with Crippen molar-refractivity contribution in [3.05, 3.63) is 64.1 Å². The standard InChI is InChI=1S/C22H23NO3S2/c1-15-18(25-2)12-11-17(20(15)26-3)14-19-21(24)23(22(27)28-19)13-7-10-16-8-5-4-6-9-16/h4-6,8-9,11-12,14H,7,10,13H2,1-3H3/b19-14+. The topological polar surface area (TPSA) is 38.8 Å². The fourth-order valence-corrected chi connectivity index (χ4v) is 4.52. The number of ether oxygens (including phenoxy) is 2. The number of thiocarbonyl (C=S) groups is 1. The van der Waals surface area contributed by atoms with Crippen molar-refractivity contribution in [3.8, 4) is 11.5 Å². The lowest BCUT2D eigenvalue weighted by Crippen LogP contribution is -2.29. The molecule has 2 aromatic rings. The van der Waals surface area contributed by atoms with Crippen molar-refractivity contribution in [3.63, 3.8) is 0 Å². The van der Waals surface area contributed by atoms with E-state index >= 15 is 0 Å². The molecule has 0 aromatic heterocycles. The molecule has 28 heavy (non-hydrogen) atoms. The van der Waals surface area contributed by atoms with Gasteiger partial charge in [-0.3, -0.25) is 9.69 Å². The molecule has 0 saturated carbocycles. The molecule has 0 atom stereocenters. The molecule has 1 amide bonds. The Morgan fingerprint density at radius 2 is 1.86 bits per heavy atom. The molecule has 0 bridgehead atoms. The van der Waals surface area contributed by atoms with E-state index in [-0.39, 0.29) is 5.91 Å². The minimum atomic E-state index is -0.0430. The minimum absolute atomic E-state index is 0.0430. The summed E-state index contributed by atoms with van der Waals surface area (Å²) in [5.41, 5.74) is 3.00. The van der Waals surface area contributed by atoms with E-state index in [1.165, 1.54) is 17.3 Å². The van der Waals surface area contributed by atoms with Crippen molar-refractivity contribution in [2.75, 3.05) is 20.8 Å². The average molecular weight is 414 g/mol. The highest BCUT2D eigenvalue weighted by Crippen LogP contribution is 2.37. The van der Waals surface area contributed by atoms with Crippen LogP contribution in [-0.2, 0) is 11.2 Å². The number of hydrogen-bond acceptors (Lipinski definition) is 5. The molecule has 1 heterocycles. The van der Waals surface area contributed by atoms with Crippen molar-refractivity contribution >= 4 is 40.3 Å². The van der Waals surface area contributed by atoms with E-state index < -0.39 is 0 Å². The fourth-order valence-electron chi connectivity index (χ4n) is 3.22. The fraction of sp³-hybridized carbons (Fsp3) is 0.273. The third kappa shape index (κ3) is 4.39. The summed E-state index contributed by atoms with van der Waals surface area (Å²) in [6.07, 6.45) is 3.64. The van der Waals surface area contributed by atoms with Gasteiger partial charge in [0, 0.05) is 17.7 Å². The molecule has 1 aliphatic heterocycles. The molecular weight excluding hydrogens is 390 g/mol. The van der Waals surface area contributed by atoms with Crippen LogP contribution in [-0.4, -0.2) is 35.9 Å². The van der Waals surface area contributed by atoms with E-state index in [2.05, 4.69) is 12.1 Å². The molecule has 6 heteroatoms. The number of amides is 1. The summed E-state index contributed by atoms with van der Waals surface area (Å²) in [6, 6.07) is 14.0. The second-order valence-corrected chi connectivity index (χ2v) is 8.11. The Kier molecular flexibility index (Phi) is 6.75. The molecule has 146 valence electrons. The SMILES string of the molecule is COc1ccc(/C=C2/SC(=S)N(CCCc3ccccc3)C2=O)c(OC)c1C. The van der Waals surface area contributed by atoms with Gasteiger partial charge in [0.05, 0.1) is 19.1 Å². The van der Waals surface area contributed by atoms with Crippen LogP contribution < -0.4 is 9.47 Å². The highest BCUT2D eigenvalue weighted by atomic mass is 32.2. The second kappa shape index (κ2) is 9.26. The first kappa shape index (κ1) is 20.4. The lowest BCUT2D eigenvalue weighted by Gasteiger charge is -2.14. The number of thioether (sulfide) groups is 1. The highest BCUT2D eigenvalue weighted by molar-refractivity contribution is 8.26. The Labute approximate surface area is 175 Å². The molecule has 1 fully saturated rings. The number of carbonyl (C=O) groups is 1. The third-order valence-electron chi connectivity index (χ3n) is 4.66. The summed E-state index contributed by atoms with van der Waals surface area (Å²) >= 11 is 6.78. The number of aryl methyl sites for hydroxylation is 1. The Hall–Kier alpha value is -2.31. The third-order valence-corrected chi connectivity index (χ3v) is 6.04. The van der Waals surface area contributed by atoms with E-state index in [1.54, 1.807) is 19.1 Å². The predicted molar refractivity (Wildman–Crippen MR) is 119 cm³/mol. The van der Waals surface area contributed by atoms with Gasteiger partial charge in [0.15, 0.2) is 0 Å². The van der Waals surface area contributed by atoms with Gasteiger partial charge in [0.2, 0.25) is 0 Å². The molecule has 1 aliphatic rings. The molecule has 3 rings (SSSR count). The van der Waals surface area contributed by atoms with Crippen LogP contribution in [0.15, 0.2) is 47.4 Å². The van der Waals surface area contributed by atoms with E-state index in [1.807, 2.05) is 43.3 Å². The molecule has 0 spiro atoms. The van der Waals surface area contributed by atoms with Crippen molar-refractivity contribution in [2.45, 2.75) is 19.8 Å². The first-order chi connectivity index (χ1) is 13.5. The average Bonchev–Trinajstić information content (AvgIpc) is 2.96. The van der Waals surface area contributed by atoms with Crippen molar-refractivity contribution in [1.82, 2.24) is 4.90 Å². The molecule has 0 unspecified atom stereocenters. The van der Waals surface area contributed by atoms with Gasteiger partial charge >= 0.3 is 0 Å². The van der Waals surface area contributed by atoms with E-state index in [4.69, 9.17) is 21.7 Å². The van der Waals surface area contributed by atoms with Crippen LogP contribution in [0.25, 0.3) is 6.08 Å². The number of methoxy groups -OCH3 is 2. The molecule has 0 aliphatic carbocycles. The van der Waals surface area contributed by atoms with Crippen molar-refractivity contribution in [2.24, 2.45) is 0 Å². The smallest absolute Gasteiger partial charge is 0.266 e. The number of carbonyl (C=O) groups excluding carboxylic acids is 1. The van der Waals surface area contributed by atoms with Crippen LogP contribution in [0.2, 0.25) is 0 Å². The van der Waals surface area contributed by atoms with E-state index in [9.17, 15) is 4.79 Å². The first-order valence-corrected chi connectivity index (χ1v) is 10.3. The maximum atomic E-state index is 12.9. The van der Waals surface area contributed by atoms with Crippen molar-refractivity contribution in [1.29, 1.82) is 0 Å². The quantitative estimate of drug-likeness (QED) is 0.479. The zero-order chi connectivity index (χ0) is 20.1. The Balaban J connectivity index is 1.73. The molecule has 0 N–H and O–H groups in total. The van der Waals surface area contributed by atoms with Crippen LogP contribution in [0, 0.1) is 6.92 Å². The van der Waals surface area contributed by atoms with Gasteiger partial charge in [0.1, 0.15) is 15.8 Å². The first-order valence-electron chi connectivity index (χ1n) is 9.06. The van der Waals surface area contributed by atoms with Crippen molar-refractivity contribution < 1.29 is 14.3 Å². The summed E-state index contributed by atoms with van der Waals surface area (Å²) < 4.78 is 11.5. The van der Waals surface area contributed by atoms with Crippen LogP contribution in [0.4, 0.5) is 0 Å². The van der Waals surface area contributed by atoms with Crippen LogP contribution >= 0.6 is 24.0 Å². The minimum Gasteiger partial charge on any atom is -0.496 e. The van der Waals surface area contributed by atoms with Gasteiger partial charge in [-0.05, 0) is 43.5 Å². The van der Waals surface area contributed by atoms with Gasteiger partial charge in [-0.2, -0.15) is 0 Å². The van der Waals surface area contributed by atoms with E-state index in [0.717, 1.165) is 29.7 Å². The molecular formula is C22H23NO3S2. The van der Waals surface area contributed by atoms with E-state index in [0.29, 0.717) is 21.5 Å². The van der Waals surface area contributed by atoms with Gasteiger partial charge in [0.25, 0.3) is 5.91 Å². The number of benzene rings is 2. The lowest BCUT2D eigenvalue weighted by atomic mass is 10.1. The summed E-state index contributed by atoms with van der Waals surface area (Å²) in [6.45, 7) is 2.56. The molecule has 1 saturated heterocycles. The van der Waals surface area contributed by atoms with Gasteiger partial charge < -0.3 is 9.47 Å². The lowest BCUT2D eigenvalue weighted by molar-refractivity contribution is -0.122. The number of hydrogen-bond donors (Lipinski definition) is 0. The second-order valence-electron chi connectivity index (χ2n) is 6.44. The Morgan fingerprint density at radius 3 is 2.54 bits per heavy atom. The summed E-state index contributed by atoms with van der Waals surface area (Å²) in [5, 5.41) is 0. The maximum absolute atomic E-state index is 12.9. The zero-order valence-corrected chi connectivity index (χ0v) is 17.9. The van der Waals surface area contributed by atoms with Crippen LogP contribution in [0.5, 0.6) is 11.5 Å². The molecule has 2 aromatic carbocycles.